The number of nitrogens with zero attached hydrogens (tertiary/aromatic N) is 1. The van der Waals surface area contributed by atoms with E-state index < -0.39 is 11.7 Å². The number of alkyl halides is 3. The van der Waals surface area contributed by atoms with Crippen molar-refractivity contribution in [3.8, 4) is 0 Å². The Balaban J connectivity index is 0.00000261. The standard InChI is InChI=1S/C19H20F3N3O.ClH/c20-19(21,22)14-5-3-6-15(13-14)24-17-8-2-1-7-16(17)18(26)25-11-4-9-23-10-12-25;/h1-3,5-8,13,23-24H,4,9-12H2;1H. The minimum atomic E-state index is -4.41. The fraction of sp³-hybridized carbons (Fsp3) is 0.316. The summed E-state index contributed by atoms with van der Waals surface area (Å²) < 4.78 is 38.7. The van der Waals surface area contributed by atoms with Crippen molar-refractivity contribution in [1.29, 1.82) is 0 Å². The Morgan fingerprint density at radius 3 is 2.59 bits per heavy atom. The molecule has 2 aromatic carbocycles. The zero-order chi connectivity index (χ0) is 18.6. The average Bonchev–Trinajstić information content (AvgIpc) is 2.90. The van der Waals surface area contributed by atoms with Gasteiger partial charge in [-0.2, -0.15) is 13.2 Å². The van der Waals surface area contributed by atoms with Gasteiger partial charge in [0.05, 0.1) is 16.8 Å². The monoisotopic (exact) mass is 399 g/mol. The van der Waals surface area contributed by atoms with Crippen molar-refractivity contribution >= 4 is 29.7 Å². The molecule has 0 atom stereocenters. The van der Waals surface area contributed by atoms with Crippen LogP contribution in [0, 0.1) is 0 Å². The number of nitrogens with one attached hydrogen (secondary N) is 2. The molecule has 0 bridgehead atoms. The topological polar surface area (TPSA) is 44.4 Å². The Morgan fingerprint density at radius 1 is 1.04 bits per heavy atom. The van der Waals surface area contributed by atoms with Crippen LogP contribution in [0.3, 0.4) is 0 Å². The van der Waals surface area contributed by atoms with Crippen LogP contribution in [-0.4, -0.2) is 37.0 Å². The fourth-order valence-corrected chi connectivity index (χ4v) is 2.93. The average molecular weight is 400 g/mol. The molecule has 4 nitrogen and oxygen atoms in total. The van der Waals surface area contributed by atoms with Gasteiger partial charge >= 0.3 is 6.18 Å². The Hall–Kier alpha value is -2.25. The summed E-state index contributed by atoms with van der Waals surface area (Å²) in [6, 6.07) is 11.8. The van der Waals surface area contributed by atoms with Crippen molar-refractivity contribution in [1.82, 2.24) is 10.2 Å². The van der Waals surface area contributed by atoms with Crippen LogP contribution < -0.4 is 10.6 Å². The summed E-state index contributed by atoms with van der Waals surface area (Å²) in [6.07, 6.45) is -3.54. The number of hydrogen-bond donors (Lipinski definition) is 2. The lowest BCUT2D eigenvalue weighted by Gasteiger charge is -2.22. The van der Waals surface area contributed by atoms with Crippen molar-refractivity contribution in [2.45, 2.75) is 12.6 Å². The molecule has 1 saturated heterocycles. The first-order valence-electron chi connectivity index (χ1n) is 8.48. The minimum absolute atomic E-state index is 0. The van der Waals surface area contributed by atoms with E-state index in [0.29, 0.717) is 24.3 Å². The number of benzene rings is 2. The second-order valence-electron chi connectivity index (χ2n) is 6.14. The molecule has 0 saturated carbocycles. The SMILES string of the molecule is Cl.O=C(c1ccccc1Nc1cccc(C(F)(F)F)c1)N1CCCNCC1. The molecule has 0 radical (unpaired) electrons. The first kappa shape index (κ1) is 21.1. The van der Waals surface area contributed by atoms with Crippen LogP contribution in [-0.2, 0) is 6.18 Å². The number of para-hydroxylation sites is 1. The zero-order valence-corrected chi connectivity index (χ0v) is 15.4. The number of halogens is 4. The maximum absolute atomic E-state index is 12.9. The van der Waals surface area contributed by atoms with Gasteiger partial charge in [0.15, 0.2) is 0 Å². The van der Waals surface area contributed by atoms with E-state index in [1.54, 1.807) is 35.2 Å². The molecular formula is C19H21ClF3N3O. The molecule has 0 aliphatic carbocycles. The maximum Gasteiger partial charge on any atom is 0.416 e. The lowest BCUT2D eigenvalue weighted by Crippen LogP contribution is -2.34. The molecule has 146 valence electrons. The van der Waals surface area contributed by atoms with E-state index in [1.165, 1.54) is 6.07 Å². The second-order valence-corrected chi connectivity index (χ2v) is 6.14. The van der Waals surface area contributed by atoms with Gasteiger partial charge in [0.2, 0.25) is 0 Å². The van der Waals surface area contributed by atoms with Gasteiger partial charge in [-0.25, -0.2) is 0 Å². The molecule has 2 N–H and O–H groups in total. The summed E-state index contributed by atoms with van der Waals surface area (Å²) in [5.41, 5.74) is 0.503. The van der Waals surface area contributed by atoms with Gasteiger partial charge in [-0.1, -0.05) is 18.2 Å². The third kappa shape index (κ3) is 5.37. The van der Waals surface area contributed by atoms with Crippen LogP contribution in [0.2, 0.25) is 0 Å². The molecule has 2 aromatic rings. The fourth-order valence-electron chi connectivity index (χ4n) is 2.93. The van der Waals surface area contributed by atoms with Crippen LogP contribution in [0.1, 0.15) is 22.3 Å². The van der Waals surface area contributed by atoms with E-state index in [2.05, 4.69) is 10.6 Å². The van der Waals surface area contributed by atoms with E-state index in [1.807, 2.05) is 0 Å². The first-order chi connectivity index (χ1) is 12.4. The number of carbonyl (C=O) groups is 1. The molecule has 3 rings (SSSR count). The summed E-state index contributed by atoms with van der Waals surface area (Å²) in [7, 11) is 0. The van der Waals surface area contributed by atoms with Crippen molar-refractivity contribution in [2.24, 2.45) is 0 Å². The molecular weight excluding hydrogens is 379 g/mol. The van der Waals surface area contributed by atoms with Crippen LogP contribution >= 0.6 is 12.4 Å². The van der Waals surface area contributed by atoms with E-state index >= 15 is 0 Å². The number of rotatable bonds is 3. The molecule has 27 heavy (non-hydrogen) atoms. The van der Waals surface area contributed by atoms with Crippen LogP contribution in [0.15, 0.2) is 48.5 Å². The van der Waals surface area contributed by atoms with Crippen molar-refractivity contribution in [3.63, 3.8) is 0 Å². The van der Waals surface area contributed by atoms with Gasteiger partial charge in [-0.15, -0.1) is 12.4 Å². The van der Waals surface area contributed by atoms with Crippen LogP contribution in [0.4, 0.5) is 24.5 Å². The highest BCUT2D eigenvalue weighted by Gasteiger charge is 2.30. The summed E-state index contributed by atoms with van der Waals surface area (Å²) in [6.45, 7) is 2.86. The molecule has 1 aliphatic rings. The molecule has 0 aromatic heterocycles. The molecule has 1 amide bonds. The normalized spacial score (nSPS) is 14.9. The smallest absolute Gasteiger partial charge is 0.355 e. The third-order valence-electron chi connectivity index (χ3n) is 4.25. The van der Waals surface area contributed by atoms with E-state index in [9.17, 15) is 18.0 Å². The summed E-state index contributed by atoms with van der Waals surface area (Å²) >= 11 is 0. The van der Waals surface area contributed by atoms with Gasteiger partial charge in [0.1, 0.15) is 0 Å². The highest BCUT2D eigenvalue weighted by Crippen LogP contribution is 2.32. The largest absolute Gasteiger partial charge is 0.416 e. The molecule has 0 spiro atoms. The number of hydrogen-bond acceptors (Lipinski definition) is 3. The van der Waals surface area contributed by atoms with Gasteiger partial charge < -0.3 is 15.5 Å². The molecule has 0 unspecified atom stereocenters. The first-order valence-corrected chi connectivity index (χ1v) is 8.48. The molecule has 1 heterocycles. The maximum atomic E-state index is 12.9. The van der Waals surface area contributed by atoms with Crippen LogP contribution in [0.25, 0.3) is 0 Å². The van der Waals surface area contributed by atoms with Crippen LogP contribution in [0.5, 0.6) is 0 Å². The third-order valence-corrected chi connectivity index (χ3v) is 4.25. The zero-order valence-electron chi connectivity index (χ0n) is 14.6. The quantitative estimate of drug-likeness (QED) is 0.808. The minimum Gasteiger partial charge on any atom is -0.355 e. The Morgan fingerprint density at radius 2 is 1.81 bits per heavy atom. The van der Waals surface area contributed by atoms with Crippen molar-refractivity contribution < 1.29 is 18.0 Å². The molecule has 8 heteroatoms. The second kappa shape index (κ2) is 9.10. The van der Waals surface area contributed by atoms with E-state index in [-0.39, 0.29) is 24.0 Å². The number of anilines is 2. The summed E-state index contributed by atoms with van der Waals surface area (Å²) in [5.74, 6) is -0.122. The Labute approximate surface area is 162 Å². The van der Waals surface area contributed by atoms with Gasteiger partial charge in [0, 0.05) is 25.3 Å². The predicted molar refractivity (Wildman–Crippen MR) is 102 cm³/mol. The lowest BCUT2D eigenvalue weighted by molar-refractivity contribution is -0.137. The van der Waals surface area contributed by atoms with E-state index in [0.717, 1.165) is 31.6 Å². The lowest BCUT2D eigenvalue weighted by atomic mass is 10.1. The number of carbonyl (C=O) groups excluding carboxylic acids is 1. The molecule has 1 fully saturated rings. The van der Waals surface area contributed by atoms with Crippen molar-refractivity contribution in [2.75, 3.05) is 31.5 Å². The molecule has 1 aliphatic heterocycles. The highest BCUT2D eigenvalue weighted by atomic mass is 35.5. The predicted octanol–water partition coefficient (Wildman–Crippen LogP) is 4.31. The van der Waals surface area contributed by atoms with E-state index in [4.69, 9.17) is 0 Å². The highest BCUT2D eigenvalue weighted by molar-refractivity contribution is 6.00. The van der Waals surface area contributed by atoms with Gasteiger partial charge in [-0.05, 0) is 43.3 Å². The Bertz CT molecular complexity index is 775. The number of amides is 1. The Kier molecular flexibility index (Phi) is 7.10. The summed E-state index contributed by atoms with van der Waals surface area (Å²) in [5, 5.41) is 6.20. The summed E-state index contributed by atoms with van der Waals surface area (Å²) in [4.78, 5) is 14.6. The van der Waals surface area contributed by atoms with Gasteiger partial charge in [-0.3, -0.25) is 4.79 Å². The van der Waals surface area contributed by atoms with Crippen molar-refractivity contribution in [3.05, 3.63) is 59.7 Å². The van der Waals surface area contributed by atoms with Gasteiger partial charge in [0.25, 0.3) is 5.91 Å².